The van der Waals surface area contributed by atoms with Gasteiger partial charge in [-0.05, 0) is 24.1 Å². The van der Waals surface area contributed by atoms with Gasteiger partial charge in [0.1, 0.15) is 5.82 Å². The fraction of sp³-hybridized carbons (Fsp3) is 0.333. The van der Waals surface area contributed by atoms with Gasteiger partial charge in [0.05, 0.1) is 12.6 Å². The molecule has 1 aliphatic heterocycles. The van der Waals surface area contributed by atoms with Crippen LogP contribution in [-0.4, -0.2) is 40.2 Å². The molecule has 1 saturated heterocycles. The standard InChI is InChI=1S/C15H16FN3O2S/c16-11-3-1-2-10(6-11)7-13-8-17-14(22-13)18-15(21)19-5-4-12(19)9-20/h1-3,6,8,12,20H,4-5,7,9H2,(H,17,18,21). The van der Waals surface area contributed by atoms with E-state index in [1.807, 2.05) is 6.07 Å². The molecule has 2 heterocycles. The SMILES string of the molecule is O=C(Nc1ncc(Cc2cccc(F)c2)s1)N1CCC1CO. The van der Waals surface area contributed by atoms with Crippen molar-refractivity contribution in [2.45, 2.75) is 18.9 Å². The van der Waals surface area contributed by atoms with Gasteiger partial charge in [0.25, 0.3) is 0 Å². The molecule has 116 valence electrons. The highest BCUT2D eigenvalue weighted by molar-refractivity contribution is 7.15. The monoisotopic (exact) mass is 321 g/mol. The summed E-state index contributed by atoms with van der Waals surface area (Å²) in [6.07, 6.45) is 3.09. The van der Waals surface area contributed by atoms with Gasteiger partial charge in [-0.1, -0.05) is 12.1 Å². The van der Waals surface area contributed by atoms with Crippen molar-refractivity contribution >= 4 is 22.5 Å². The highest BCUT2D eigenvalue weighted by atomic mass is 32.1. The largest absolute Gasteiger partial charge is 0.394 e. The number of halogens is 1. The fourth-order valence-electron chi connectivity index (χ4n) is 2.36. The van der Waals surface area contributed by atoms with Gasteiger partial charge in [0.15, 0.2) is 5.13 Å². The van der Waals surface area contributed by atoms with Crippen LogP contribution < -0.4 is 5.32 Å². The zero-order valence-corrected chi connectivity index (χ0v) is 12.6. The molecular formula is C15H16FN3O2S. The molecule has 7 heteroatoms. The molecule has 1 unspecified atom stereocenters. The zero-order chi connectivity index (χ0) is 15.5. The third-order valence-corrected chi connectivity index (χ3v) is 4.56. The molecule has 3 rings (SSSR count). The molecular weight excluding hydrogens is 305 g/mol. The van der Waals surface area contributed by atoms with Crippen molar-refractivity contribution < 1.29 is 14.3 Å². The van der Waals surface area contributed by atoms with Gasteiger partial charge in [-0.3, -0.25) is 5.32 Å². The predicted molar refractivity (Wildman–Crippen MR) is 82.5 cm³/mol. The van der Waals surface area contributed by atoms with Crippen LogP contribution in [0.25, 0.3) is 0 Å². The average Bonchev–Trinajstić information content (AvgIpc) is 2.85. The second-order valence-electron chi connectivity index (χ2n) is 5.19. The van der Waals surface area contributed by atoms with E-state index in [4.69, 9.17) is 5.11 Å². The van der Waals surface area contributed by atoms with Crippen molar-refractivity contribution in [3.8, 4) is 0 Å². The molecule has 2 N–H and O–H groups in total. The maximum Gasteiger partial charge on any atom is 0.323 e. The molecule has 2 amide bonds. The zero-order valence-electron chi connectivity index (χ0n) is 11.8. The number of carbonyl (C=O) groups is 1. The molecule has 1 atom stereocenters. The molecule has 0 radical (unpaired) electrons. The van der Waals surface area contributed by atoms with Crippen LogP contribution in [0.1, 0.15) is 16.9 Å². The lowest BCUT2D eigenvalue weighted by molar-refractivity contribution is 0.0770. The number of aliphatic hydroxyl groups excluding tert-OH is 1. The number of likely N-dealkylation sites (tertiary alicyclic amines) is 1. The van der Waals surface area contributed by atoms with Crippen molar-refractivity contribution in [3.05, 3.63) is 46.7 Å². The van der Waals surface area contributed by atoms with Crippen LogP contribution in [0.2, 0.25) is 0 Å². The van der Waals surface area contributed by atoms with Gasteiger partial charge in [-0.15, -0.1) is 11.3 Å². The second kappa shape index (κ2) is 6.41. The number of aromatic nitrogens is 1. The quantitative estimate of drug-likeness (QED) is 0.909. The lowest BCUT2D eigenvalue weighted by Crippen LogP contribution is -2.54. The van der Waals surface area contributed by atoms with Crippen LogP contribution in [0.15, 0.2) is 30.5 Å². The molecule has 1 aliphatic rings. The molecule has 5 nitrogen and oxygen atoms in total. The van der Waals surface area contributed by atoms with E-state index in [1.165, 1.54) is 23.5 Å². The van der Waals surface area contributed by atoms with E-state index in [9.17, 15) is 9.18 Å². The summed E-state index contributed by atoms with van der Waals surface area (Å²) in [5.41, 5.74) is 0.865. The lowest BCUT2D eigenvalue weighted by Gasteiger charge is -2.39. The van der Waals surface area contributed by atoms with Crippen LogP contribution >= 0.6 is 11.3 Å². The molecule has 1 fully saturated rings. The summed E-state index contributed by atoms with van der Waals surface area (Å²) >= 11 is 1.37. The van der Waals surface area contributed by atoms with Crippen molar-refractivity contribution in [1.29, 1.82) is 0 Å². The van der Waals surface area contributed by atoms with E-state index in [-0.39, 0.29) is 24.5 Å². The van der Waals surface area contributed by atoms with Crippen molar-refractivity contribution in [1.82, 2.24) is 9.88 Å². The first-order chi connectivity index (χ1) is 10.7. The molecule has 22 heavy (non-hydrogen) atoms. The van der Waals surface area contributed by atoms with Gasteiger partial charge in [-0.25, -0.2) is 14.2 Å². The van der Waals surface area contributed by atoms with Gasteiger partial charge in [-0.2, -0.15) is 0 Å². The van der Waals surface area contributed by atoms with Gasteiger partial charge < -0.3 is 10.0 Å². The van der Waals surface area contributed by atoms with Gasteiger partial charge in [0.2, 0.25) is 0 Å². The third kappa shape index (κ3) is 3.26. The normalized spacial score (nSPS) is 17.2. The number of nitrogens with zero attached hydrogens (tertiary/aromatic N) is 2. The first-order valence-corrected chi connectivity index (χ1v) is 7.85. The first-order valence-electron chi connectivity index (χ1n) is 7.03. The maximum absolute atomic E-state index is 13.2. The Bertz CT molecular complexity index is 674. The molecule has 2 aromatic rings. The molecule has 0 aliphatic carbocycles. The van der Waals surface area contributed by atoms with E-state index in [2.05, 4.69) is 10.3 Å². The number of aliphatic hydroxyl groups is 1. The number of hydrogen-bond donors (Lipinski definition) is 2. The molecule has 0 spiro atoms. The summed E-state index contributed by atoms with van der Waals surface area (Å²) in [5, 5.41) is 12.3. The van der Waals surface area contributed by atoms with Crippen LogP contribution in [0.4, 0.5) is 14.3 Å². The van der Waals surface area contributed by atoms with E-state index in [0.717, 1.165) is 16.9 Å². The maximum atomic E-state index is 13.2. The Morgan fingerprint density at radius 3 is 3.09 bits per heavy atom. The Labute approximate surface area is 131 Å². The number of thiazole rings is 1. The van der Waals surface area contributed by atoms with Crippen LogP contribution in [0.5, 0.6) is 0 Å². The van der Waals surface area contributed by atoms with Crippen molar-refractivity contribution in [2.24, 2.45) is 0 Å². The number of nitrogens with one attached hydrogen (secondary N) is 1. The van der Waals surface area contributed by atoms with E-state index in [0.29, 0.717) is 18.1 Å². The number of hydrogen-bond acceptors (Lipinski definition) is 4. The Balaban J connectivity index is 1.60. The average molecular weight is 321 g/mol. The number of amides is 2. The smallest absolute Gasteiger partial charge is 0.323 e. The Morgan fingerprint density at radius 2 is 2.41 bits per heavy atom. The summed E-state index contributed by atoms with van der Waals surface area (Å²) in [5.74, 6) is -0.261. The molecule has 0 bridgehead atoms. The topological polar surface area (TPSA) is 65.5 Å². The van der Waals surface area contributed by atoms with Crippen molar-refractivity contribution in [2.75, 3.05) is 18.5 Å². The lowest BCUT2D eigenvalue weighted by atomic mass is 10.1. The minimum absolute atomic E-state index is 0.0177. The number of urea groups is 1. The summed E-state index contributed by atoms with van der Waals surface area (Å²) in [7, 11) is 0. The van der Waals surface area contributed by atoms with Gasteiger partial charge in [0, 0.05) is 24.0 Å². The fourth-order valence-corrected chi connectivity index (χ4v) is 3.19. The Morgan fingerprint density at radius 1 is 1.55 bits per heavy atom. The van der Waals surface area contributed by atoms with Crippen molar-refractivity contribution in [3.63, 3.8) is 0 Å². The van der Waals surface area contributed by atoms with E-state index >= 15 is 0 Å². The Hall–Kier alpha value is -1.99. The summed E-state index contributed by atoms with van der Waals surface area (Å²) in [6.45, 7) is 0.634. The predicted octanol–water partition coefficient (Wildman–Crippen LogP) is 2.47. The first kappa shape index (κ1) is 14.9. The Kier molecular flexibility index (Phi) is 4.35. The van der Waals surface area contributed by atoms with Crippen LogP contribution in [-0.2, 0) is 6.42 Å². The molecule has 0 saturated carbocycles. The summed E-state index contributed by atoms with van der Waals surface area (Å²) in [6, 6.07) is 6.10. The summed E-state index contributed by atoms with van der Waals surface area (Å²) in [4.78, 5) is 18.7. The van der Waals surface area contributed by atoms with Gasteiger partial charge >= 0.3 is 6.03 Å². The highest BCUT2D eigenvalue weighted by Gasteiger charge is 2.31. The third-order valence-electron chi connectivity index (χ3n) is 3.65. The number of carbonyl (C=O) groups excluding carboxylic acids is 1. The minimum atomic E-state index is -0.261. The minimum Gasteiger partial charge on any atom is -0.394 e. The van der Waals surface area contributed by atoms with Crippen LogP contribution in [0.3, 0.4) is 0 Å². The second-order valence-corrected chi connectivity index (χ2v) is 6.30. The van der Waals surface area contributed by atoms with Crippen LogP contribution in [0, 0.1) is 5.82 Å². The molecule has 1 aromatic carbocycles. The number of anilines is 1. The molecule has 1 aromatic heterocycles. The highest BCUT2D eigenvalue weighted by Crippen LogP contribution is 2.23. The van der Waals surface area contributed by atoms with E-state index < -0.39 is 0 Å². The number of rotatable bonds is 4. The number of benzene rings is 1. The summed E-state index contributed by atoms with van der Waals surface area (Å²) < 4.78 is 13.2. The van der Waals surface area contributed by atoms with E-state index in [1.54, 1.807) is 17.2 Å².